The molecule has 0 aliphatic carbocycles. The van der Waals surface area contributed by atoms with E-state index in [1.165, 1.54) is 12.8 Å². The largest absolute Gasteiger partial charge is 0.497 e. The second-order valence-corrected chi connectivity index (χ2v) is 9.47. The first kappa shape index (κ1) is 23.0. The van der Waals surface area contributed by atoms with E-state index in [4.69, 9.17) is 14.4 Å². The third kappa shape index (κ3) is 4.92. The van der Waals surface area contributed by atoms with Gasteiger partial charge in [-0.05, 0) is 50.2 Å². The summed E-state index contributed by atoms with van der Waals surface area (Å²) in [7, 11) is -2.04. The number of nitrogens with zero attached hydrogens (tertiary/aromatic N) is 4. The van der Waals surface area contributed by atoms with Gasteiger partial charge in [-0.1, -0.05) is 0 Å². The quantitative estimate of drug-likeness (QED) is 0.253. The number of nitro groups is 1. The van der Waals surface area contributed by atoms with Crippen LogP contribution < -0.4 is 10.1 Å². The summed E-state index contributed by atoms with van der Waals surface area (Å²) in [5.41, 5.74) is 3.96. The van der Waals surface area contributed by atoms with Crippen LogP contribution in [-0.2, 0) is 16.7 Å². The standard InChI is InChI=1S/C20H21N5O3.CH4O3S/c1-28-13-4-5-15-14(12-13)19-18-16(6-7-17(25(26)27)20(18)21-15)24(22-19)11-10-23-8-2-3-9-23;1-5(2,3)4/h4-7,12,21H,2-3,8-11H2,1H3;1H3,(H,2,3,4). The van der Waals surface area contributed by atoms with E-state index in [0.717, 1.165) is 59.8 Å². The van der Waals surface area contributed by atoms with Gasteiger partial charge in [0.1, 0.15) is 17.1 Å². The highest BCUT2D eigenvalue weighted by atomic mass is 32.2. The average molecular weight is 476 g/mol. The van der Waals surface area contributed by atoms with E-state index >= 15 is 0 Å². The first-order valence-electron chi connectivity index (χ1n) is 10.4. The van der Waals surface area contributed by atoms with Gasteiger partial charge in [0.15, 0.2) is 0 Å². The van der Waals surface area contributed by atoms with Gasteiger partial charge in [-0.2, -0.15) is 13.5 Å². The van der Waals surface area contributed by atoms with Crippen LogP contribution in [-0.4, -0.2) is 65.6 Å². The van der Waals surface area contributed by atoms with Gasteiger partial charge in [0.25, 0.3) is 15.8 Å². The third-order valence-corrected chi connectivity index (χ3v) is 5.66. The molecule has 0 unspecified atom stereocenters. The number of methoxy groups -OCH3 is 1. The SMILES string of the molecule is COc1ccc2c(c1)-c1nn(CCN3CCCC3)c3ccc([N+](=O)[O-])c(c13)N2.CS(=O)(=O)O. The van der Waals surface area contributed by atoms with E-state index in [0.29, 0.717) is 11.9 Å². The van der Waals surface area contributed by atoms with Gasteiger partial charge < -0.3 is 15.0 Å². The Hall–Kier alpha value is -3.22. The number of fused-ring (bicyclic) bond motifs is 2. The van der Waals surface area contributed by atoms with Crippen LogP contribution in [0.5, 0.6) is 5.75 Å². The number of hydrogen-bond acceptors (Lipinski definition) is 8. The van der Waals surface area contributed by atoms with Gasteiger partial charge >= 0.3 is 0 Å². The number of aromatic nitrogens is 2. The summed E-state index contributed by atoms with van der Waals surface area (Å²) in [6, 6.07) is 9.02. The Morgan fingerprint density at radius 2 is 1.91 bits per heavy atom. The number of ether oxygens (including phenoxy) is 1. The van der Waals surface area contributed by atoms with E-state index in [9.17, 15) is 18.5 Å². The highest BCUT2D eigenvalue weighted by Gasteiger charge is 2.29. The molecule has 0 spiro atoms. The molecule has 2 aliphatic rings. The summed E-state index contributed by atoms with van der Waals surface area (Å²) < 4.78 is 33.2. The third-order valence-electron chi connectivity index (χ3n) is 5.66. The molecule has 0 amide bonds. The van der Waals surface area contributed by atoms with Crippen molar-refractivity contribution in [3.8, 4) is 17.0 Å². The van der Waals surface area contributed by atoms with Crippen molar-refractivity contribution in [2.75, 3.05) is 38.3 Å². The Kier molecular flexibility index (Phi) is 6.23. The zero-order valence-electron chi connectivity index (χ0n) is 18.3. The Bertz CT molecular complexity index is 1310. The van der Waals surface area contributed by atoms with Crippen LogP contribution in [0.1, 0.15) is 12.8 Å². The first-order chi connectivity index (χ1) is 15.7. The molecule has 2 aromatic carbocycles. The topological polar surface area (TPSA) is 140 Å². The summed E-state index contributed by atoms with van der Waals surface area (Å²) in [4.78, 5) is 13.7. The lowest BCUT2D eigenvalue weighted by atomic mass is 9.99. The summed E-state index contributed by atoms with van der Waals surface area (Å²) in [6.45, 7) is 3.95. The number of nitro benzene ring substituents is 1. The average Bonchev–Trinajstić information content (AvgIpc) is 3.39. The second kappa shape index (κ2) is 8.96. The number of likely N-dealkylation sites (tertiary alicyclic amines) is 1. The molecule has 176 valence electrons. The lowest BCUT2D eigenvalue weighted by molar-refractivity contribution is -0.383. The molecule has 1 saturated heterocycles. The zero-order chi connectivity index (χ0) is 23.8. The number of rotatable bonds is 5. The van der Waals surface area contributed by atoms with E-state index < -0.39 is 10.1 Å². The first-order valence-corrected chi connectivity index (χ1v) is 12.3. The van der Waals surface area contributed by atoms with Crippen LogP contribution in [0.3, 0.4) is 0 Å². The number of anilines is 2. The molecule has 3 aromatic rings. The van der Waals surface area contributed by atoms with Crippen molar-refractivity contribution in [1.82, 2.24) is 14.7 Å². The monoisotopic (exact) mass is 475 g/mol. The van der Waals surface area contributed by atoms with E-state index in [-0.39, 0.29) is 10.6 Å². The lowest BCUT2D eigenvalue weighted by Crippen LogP contribution is -2.24. The van der Waals surface area contributed by atoms with Gasteiger partial charge in [-0.25, -0.2) is 0 Å². The maximum absolute atomic E-state index is 11.6. The van der Waals surface area contributed by atoms with Crippen molar-refractivity contribution in [2.45, 2.75) is 19.4 Å². The molecular weight excluding hydrogens is 450 g/mol. The molecule has 1 aromatic heterocycles. The van der Waals surface area contributed by atoms with Crippen LogP contribution in [0.2, 0.25) is 0 Å². The minimum absolute atomic E-state index is 0.0642. The molecule has 2 N–H and O–H groups in total. The summed E-state index contributed by atoms with van der Waals surface area (Å²) in [6.07, 6.45) is 3.21. The normalized spacial score (nSPS) is 14.9. The molecule has 3 heterocycles. The Labute approximate surface area is 190 Å². The van der Waals surface area contributed by atoms with Crippen LogP contribution in [0.25, 0.3) is 22.2 Å². The summed E-state index contributed by atoms with van der Waals surface area (Å²) in [5.74, 6) is 0.731. The fourth-order valence-electron chi connectivity index (χ4n) is 4.23. The van der Waals surface area contributed by atoms with Crippen molar-refractivity contribution in [3.05, 3.63) is 40.4 Å². The molecule has 0 bridgehead atoms. The summed E-state index contributed by atoms with van der Waals surface area (Å²) >= 11 is 0. The number of benzene rings is 2. The molecule has 11 nitrogen and oxygen atoms in total. The minimum atomic E-state index is -3.67. The highest BCUT2D eigenvalue weighted by Crippen LogP contribution is 2.47. The van der Waals surface area contributed by atoms with Crippen molar-refractivity contribution >= 4 is 38.1 Å². The van der Waals surface area contributed by atoms with Gasteiger partial charge in [0.05, 0.1) is 35.7 Å². The Balaban J connectivity index is 0.000000471. The molecule has 0 atom stereocenters. The molecule has 1 fully saturated rings. The van der Waals surface area contributed by atoms with Crippen molar-refractivity contribution < 1.29 is 22.6 Å². The lowest BCUT2D eigenvalue weighted by Gasteiger charge is -2.18. The maximum Gasteiger partial charge on any atom is 0.293 e. The van der Waals surface area contributed by atoms with E-state index in [2.05, 4.69) is 10.2 Å². The Morgan fingerprint density at radius 1 is 1.21 bits per heavy atom. The number of nitrogens with one attached hydrogen (secondary N) is 1. The second-order valence-electron chi connectivity index (χ2n) is 8.00. The van der Waals surface area contributed by atoms with Gasteiger partial charge in [-0.3, -0.25) is 19.3 Å². The molecule has 2 aliphatic heterocycles. The smallest absolute Gasteiger partial charge is 0.293 e. The molecule has 33 heavy (non-hydrogen) atoms. The molecule has 12 heteroatoms. The van der Waals surface area contributed by atoms with Crippen LogP contribution in [0.4, 0.5) is 17.1 Å². The molecular formula is C21H25N5O6S. The zero-order valence-corrected chi connectivity index (χ0v) is 19.1. The summed E-state index contributed by atoms with van der Waals surface area (Å²) in [5, 5.41) is 20.5. The number of hydrogen-bond donors (Lipinski definition) is 2. The highest BCUT2D eigenvalue weighted by molar-refractivity contribution is 7.85. The fraction of sp³-hybridized carbons (Fsp3) is 0.381. The van der Waals surface area contributed by atoms with Gasteiger partial charge in [-0.15, -0.1) is 0 Å². The van der Waals surface area contributed by atoms with Crippen LogP contribution in [0.15, 0.2) is 30.3 Å². The van der Waals surface area contributed by atoms with Crippen molar-refractivity contribution in [3.63, 3.8) is 0 Å². The predicted octanol–water partition coefficient (Wildman–Crippen LogP) is 3.28. The van der Waals surface area contributed by atoms with E-state index in [1.54, 1.807) is 13.2 Å². The van der Waals surface area contributed by atoms with Crippen LogP contribution in [0, 0.1) is 10.1 Å². The Morgan fingerprint density at radius 3 is 2.55 bits per heavy atom. The van der Waals surface area contributed by atoms with Gasteiger partial charge in [0, 0.05) is 23.9 Å². The minimum Gasteiger partial charge on any atom is -0.497 e. The van der Waals surface area contributed by atoms with Crippen molar-refractivity contribution in [2.24, 2.45) is 0 Å². The maximum atomic E-state index is 11.6. The predicted molar refractivity (Wildman–Crippen MR) is 125 cm³/mol. The van der Waals surface area contributed by atoms with E-state index in [1.807, 2.05) is 28.9 Å². The van der Waals surface area contributed by atoms with Crippen molar-refractivity contribution in [1.29, 1.82) is 0 Å². The molecule has 0 saturated carbocycles. The van der Waals surface area contributed by atoms with Crippen LogP contribution >= 0.6 is 0 Å². The molecule has 5 rings (SSSR count). The van der Waals surface area contributed by atoms with Gasteiger partial charge in [0.2, 0.25) is 0 Å². The fourth-order valence-corrected chi connectivity index (χ4v) is 4.23. The molecule has 0 radical (unpaired) electrons.